The monoisotopic (exact) mass is 654 g/mol. The molecule has 0 amide bonds. The van der Waals surface area contributed by atoms with Crippen LogP contribution in [0.15, 0.2) is 23.4 Å². The molecule has 3 heterocycles. The minimum atomic E-state index is -1.92. The van der Waals surface area contributed by atoms with Gasteiger partial charge in [-0.1, -0.05) is 30.0 Å². The third-order valence-corrected chi connectivity index (χ3v) is 9.31. The zero-order valence-corrected chi connectivity index (χ0v) is 24.5. The van der Waals surface area contributed by atoms with Crippen LogP contribution in [0.4, 0.5) is 14.6 Å². The van der Waals surface area contributed by atoms with E-state index in [1.807, 2.05) is 6.92 Å². The van der Waals surface area contributed by atoms with Gasteiger partial charge in [0.15, 0.2) is 46.2 Å². The van der Waals surface area contributed by atoms with Crippen LogP contribution in [0.2, 0.25) is 0 Å². The smallest absolute Gasteiger partial charge is 0.335 e. The van der Waals surface area contributed by atoms with Crippen molar-refractivity contribution in [2.24, 2.45) is 0 Å². The first-order chi connectivity index (χ1) is 21.5. The largest absolute Gasteiger partial charge is 0.479 e. The van der Waals surface area contributed by atoms with Crippen molar-refractivity contribution in [3.63, 3.8) is 0 Å². The maximum atomic E-state index is 13.8. The molecule has 18 heteroatoms. The number of nitrogens with one attached hydrogen (secondary N) is 1. The number of fused-ring (bicyclic) bond motifs is 1. The van der Waals surface area contributed by atoms with Gasteiger partial charge in [-0.15, -0.1) is 5.10 Å². The van der Waals surface area contributed by atoms with E-state index in [1.54, 1.807) is 0 Å². The van der Waals surface area contributed by atoms with Crippen LogP contribution in [-0.2, 0) is 14.3 Å². The van der Waals surface area contributed by atoms with Crippen LogP contribution in [0.5, 0.6) is 0 Å². The number of halogens is 2. The lowest BCUT2D eigenvalue weighted by Gasteiger charge is -2.39. The maximum Gasteiger partial charge on any atom is 0.335 e. The minimum absolute atomic E-state index is 0.0886. The van der Waals surface area contributed by atoms with Gasteiger partial charge < -0.3 is 45.4 Å². The van der Waals surface area contributed by atoms with E-state index in [0.717, 1.165) is 12.5 Å². The van der Waals surface area contributed by atoms with E-state index in [4.69, 9.17) is 9.47 Å². The van der Waals surface area contributed by atoms with Crippen LogP contribution in [0, 0.1) is 11.6 Å². The average molecular weight is 655 g/mol. The van der Waals surface area contributed by atoms with E-state index in [0.29, 0.717) is 28.7 Å². The second-order valence-electron chi connectivity index (χ2n) is 11.4. The number of ether oxygens (including phenoxy) is 2. The number of aliphatic carboxylic acids is 1. The van der Waals surface area contributed by atoms with E-state index in [1.165, 1.54) is 28.6 Å². The zero-order valence-electron chi connectivity index (χ0n) is 23.7. The number of nitrogens with zero attached hydrogens (tertiary/aromatic N) is 5. The Labute approximate surface area is 258 Å². The van der Waals surface area contributed by atoms with Gasteiger partial charge in [0.05, 0.1) is 12.1 Å². The van der Waals surface area contributed by atoms with Crippen molar-refractivity contribution in [3.05, 3.63) is 35.4 Å². The summed E-state index contributed by atoms with van der Waals surface area (Å²) in [5.41, 5.74) is 1.15. The Bertz CT molecular complexity index is 1570. The number of hydrogen-bond acceptors (Lipinski definition) is 14. The second-order valence-corrected chi connectivity index (χ2v) is 12.4. The summed E-state index contributed by atoms with van der Waals surface area (Å²) >= 11 is 1.39. The molecule has 2 saturated carbocycles. The molecule has 2 aromatic heterocycles. The number of thioether (sulfide) groups is 1. The Hall–Kier alpha value is -3.10. The molecule has 2 aliphatic carbocycles. The van der Waals surface area contributed by atoms with E-state index in [-0.39, 0.29) is 29.5 Å². The summed E-state index contributed by atoms with van der Waals surface area (Å²) in [5.74, 6) is -2.48. The molecule has 3 aliphatic rings. The predicted octanol–water partition coefficient (Wildman–Crippen LogP) is -0.0864. The first kappa shape index (κ1) is 31.9. The standard InChI is InChI=1S/C27H32F2N6O9S/c1-2-5-45-27-31-23(30-13-7-10(13)9-3-4-11(28)12(29)6-9)16-24(32-27)35(34-33-16)14-8-15(18(37)17(14)36)43-26-21(40)19(38)20(39)22(44-26)25(41)42/h3-4,6,10,13-15,17-22,26,36-40H,2,5,7-8H2,1H3,(H,41,42)(H,30,31,32)/t10-,13+,14+,15-,17-,18+,19?,20?,21?,22?,26?/m0/s1. The SMILES string of the molecule is CCCSc1nc(N[C@@H]2C[C@H]2c2ccc(F)c(F)c2)c2nnn([C@@H]3C[C@H](OC4OC(C(=O)O)C(O)C(O)C4O)[C@@H](O)[C@H]3O)c2n1. The lowest BCUT2D eigenvalue weighted by Crippen LogP contribution is -2.61. The van der Waals surface area contributed by atoms with Crippen LogP contribution < -0.4 is 5.32 Å². The molecule has 15 nitrogen and oxygen atoms in total. The van der Waals surface area contributed by atoms with Crippen LogP contribution in [0.1, 0.15) is 43.7 Å². The highest BCUT2D eigenvalue weighted by Crippen LogP contribution is 2.44. The van der Waals surface area contributed by atoms with Crippen molar-refractivity contribution in [1.82, 2.24) is 25.0 Å². The molecule has 0 bridgehead atoms. The molecule has 0 spiro atoms. The second kappa shape index (κ2) is 12.6. The normalized spacial score (nSPS) is 34.7. The molecule has 11 atom stereocenters. The molecule has 3 fully saturated rings. The fourth-order valence-corrected chi connectivity index (χ4v) is 6.41. The van der Waals surface area contributed by atoms with Crippen LogP contribution >= 0.6 is 11.8 Å². The molecule has 244 valence electrons. The molecule has 6 rings (SSSR count). The van der Waals surface area contributed by atoms with Gasteiger partial charge in [-0.25, -0.2) is 28.2 Å². The number of hydrogen-bond donors (Lipinski definition) is 7. The zero-order chi connectivity index (χ0) is 32.2. The Morgan fingerprint density at radius 3 is 2.56 bits per heavy atom. The lowest BCUT2D eigenvalue weighted by molar-refractivity contribution is -0.309. The van der Waals surface area contributed by atoms with Gasteiger partial charge in [-0.2, -0.15) is 0 Å². The molecule has 1 aliphatic heterocycles. The number of carboxylic acids is 1. The van der Waals surface area contributed by atoms with Gasteiger partial charge in [0.25, 0.3) is 0 Å². The van der Waals surface area contributed by atoms with Crippen LogP contribution in [0.3, 0.4) is 0 Å². The first-order valence-corrected chi connectivity index (χ1v) is 15.4. The van der Waals surface area contributed by atoms with Gasteiger partial charge in [-0.3, -0.25) is 0 Å². The summed E-state index contributed by atoms with van der Waals surface area (Å²) in [6, 6.07) is 2.70. The molecule has 0 radical (unpaired) electrons. The third kappa shape index (κ3) is 6.08. The molecule has 1 saturated heterocycles. The highest BCUT2D eigenvalue weighted by Gasteiger charge is 2.51. The third-order valence-electron chi connectivity index (χ3n) is 8.26. The highest BCUT2D eigenvalue weighted by molar-refractivity contribution is 7.99. The maximum absolute atomic E-state index is 13.8. The van der Waals surface area contributed by atoms with Gasteiger partial charge in [0.1, 0.15) is 30.5 Å². The number of aliphatic hydroxyl groups excluding tert-OH is 5. The molecule has 7 N–H and O–H groups in total. The summed E-state index contributed by atoms with van der Waals surface area (Å²) in [6.45, 7) is 1.99. The Morgan fingerprint density at radius 1 is 1.07 bits per heavy atom. The van der Waals surface area contributed by atoms with Gasteiger partial charge in [0.2, 0.25) is 0 Å². The topological polar surface area (TPSA) is 225 Å². The number of carbonyl (C=O) groups is 1. The number of aromatic nitrogens is 5. The summed E-state index contributed by atoms with van der Waals surface area (Å²) in [4.78, 5) is 20.7. The summed E-state index contributed by atoms with van der Waals surface area (Å²) in [6.07, 6.45) is -12.2. The molecule has 3 aromatic rings. The number of carboxylic acid groups (broad SMARTS) is 1. The van der Waals surface area contributed by atoms with Gasteiger partial charge >= 0.3 is 5.97 Å². The first-order valence-electron chi connectivity index (χ1n) is 14.4. The van der Waals surface area contributed by atoms with Crippen LogP contribution in [0.25, 0.3) is 11.2 Å². The number of rotatable bonds is 10. The molecule has 5 unspecified atom stereocenters. The van der Waals surface area contributed by atoms with E-state index in [9.17, 15) is 44.2 Å². The van der Waals surface area contributed by atoms with Crippen molar-refractivity contribution in [3.8, 4) is 0 Å². The van der Waals surface area contributed by atoms with Crippen molar-refractivity contribution < 1.29 is 53.7 Å². The molecule has 1 aromatic carbocycles. The number of aliphatic hydroxyl groups is 5. The summed E-state index contributed by atoms with van der Waals surface area (Å²) in [5, 5.41) is 73.7. The Morgan fingerprint density at radius 2 is 1.84 bits per heavy atom. The van der Waals surface area contributed by atoms with E-state index >= 15 is 0 Å². The van der Waals surface area contributed by atoms with Crippen molar-refractivity contribution in [2.45, 2.75) is 98.4 Å². The molecular weight excluding hydrogens is 622 g/mol. The quantitative estimate of drug-likeness (QED) is 0.112. The Balaban J connectivity index is 1.24. The van der Waals surface area contributed by atoms with E-state index in [2.05, 4.69) is 25.6 Å². The average Bonchev–Trinajstić information content (AvgIpc) is 3.56. The summed E-state index contributed by atoms with van der Waals surface area (Å²) in [7, 11) is 0. The summed E-state index contributed by atoms with van der Waals surface area (Å²) < 4.78 is 39.4. The van der Waals surface area contributed by atoms with Gasteiger partial charge in [0, 0.05) is 24.1 Å². The van der Waals surface area contributed by atoms with Crippen molar-refractivity contribution in [1.29, 1.82) is 0 Å². The fraction of sp³-hybridized carbons (Fsp3) is 0.593. The predicted molar refractivity (Wildman–Crippen MR) is 150 cm³/mol. The molecular formula is C27H32F2N6O9S. The Kier molecular flexibility index (Phi) is 8.92. The highest BCUT2D eigenvalue weighted by atomic mass is 32.2. The van der Waals surface area contributed by atoms with E-state index < -0.39 is 72.7 Å². The number of anilines is 1. The van der Waals surface area contributed by atoms with Crippen molar-refractivity contribution >= 4 is 34.7 Å². The number of benzene rings is 1. The van der Waals surface area contributed by atoms with Gasteiger partial charge in [-0.05, 0) is 30.5 Å². The van der Waals surface area contributed by atoms with Crippen LogP contribution in [-0.4, -0.2) is 122 Å². The van der Waals surface area contributed by atoms with Crippen molar-refractivity contribution in [2.75, 3.05) is 11.1 Å². The minimum Gasteiger partial charge on any atom is -0.479 e. The molecule has 45 heavy (non-hydrogen) atoms. The lowest BCUT2D eigenvalue weighted by atomic mass is 9.99. The fourth-order valence-electron chi connectivity index (χ4n) is 5.72.